The number of nitrogens with one attached hydrogen (secondary N) is 1. The fourth-order valence-electron chi connectivity index (χ4n) is 4.77. The lowest BCUT2D eigenvalue weighted by Crippen LogP contribution is -2.47. The van der Waals surface area contributed by atoms with Gasteiger partial charge in [-0.3, -0.25) is 4.79 Å². The summed E-state index contributed by atoms with van der Waals surface area (Å²) in [4.78, 5) is 33.2. The molecule has 0 radical (unpaired) electrons. The highest BCUT2D eigenvalue weighted by atomic mass is 19.4. The third-order valence-electron chi connectivity index (χ3n) is 7.15. The van der Waals surface area contributed by atoms with E-state index in [2.05, 4.69) is 20.0 Å². The Hall–Kier alpha value is -4.07. The number of nitrogens with zero attached hydrogens (tertiary/aromatic N) is 3. The molecule has 3 aromatic rings. The average Bonchev–Trinajstić information content (AvgIpc) is 3.46. The normalized spacial score (nSPS) is 22.4. The number of hydrogen-bond donors (Lipinski definition) is 1. The highest BCUT2D eigenvalue weighted by molar-refractivity contribution is 5.96. The molecule has 1 aromatic carbocycles. The molecule has 9 nitrogen and oxygen atoms in total. The van der Waals surface area contributed by atoms with Crippen LogP contribution in [-0.4, -0.2) is 58.0 Å². The molecule has 0 aliphatic carbocycles. The first kappa shape index (κ1) is 29.9. The van der Waals surface area contributed by atoms with Gasteiger partial charge in [0.15, 0.2) is 17.2 Å². The predicted octanol–water partition coefficient (Wildman–Crippen LogP) is 4.58. The van der Waals surface area contributed by atoms with E-state index in [1.54, 1.807) is 24.1 Å². The van der Waals surface area contributed by atoms with Gasteiger partial charge in [-0.05, 0) is 25.1 Å². The maximum atomic E-state index is 15.1. The summed E-state index contributed by atoms with van der Waals surface area (Å²) in [5.74, 6) is -7.98. The van der Waals surface area contributed by atoms with E-state index >= 15 is 4.39 Å². The number of anilines is 1. The molecule has 4 atom stereocenters. The highest BCUT2D eigenvalue weighted by Gasteiger charge is 2.66. The van der Waals surface area contributed by atoms with E-state index in [4.69, 9.17) is 9.47 Å². The molecule has 1 fully saturated rings. The van der Waals surface area contributed by atoms with Crippen molar-refractivity contribution in [3.05, 3.63) is 71.6 Å². The number of methoxy groups -OCH3 is 1. The number of carbonyl (C=O) groups excluding carboxylic acids is 2. The zero-order valence-corrected chi connectivity index (χ0v) is 22.5. The van der Waals surface area contributed by atoms with E-state index in [1.165, 1.54) is 25.3 Å². The quantitative estimate of drug-likeness (QED) is 0.306. The van der Waals surface area contributed by atoms with Crippen LogP contribution < -0.4 is 10.1 Å². The minimum absolute atomic E-state index is 0.0261. The second-order valence-corrected chi connectivity index (χ2v) is 9.78. The number of imidazole rings is 1. The van der Waals surface area contributed by atoms with Gasteiger partial charge in [-0.25, -0.2) is 19.2 Å². The number of pyridine rings is 1. The third-order valence-corrected chi connectivity index (χ3v) is 7.15. The highest BCUT2D eigenvalue weighted by Crippen LogP contribution is 2.55. The van der Waals surface area contributed by atoms with Crippen LogP contribution in [0.1, 0.15) is 41.5 Å². The van der Waals surface area contributed by atoms with Crippen LogP contribution in [0.4, 0.5) is 27.6 Å². The second kappa shape index (κ2) is 11.4. The van der Waals surface area contributed by atoms with Crippen LogP contribution in [0.25, 0.3) is 0 Å². The standard InChI is InChI=1S/C27H27F5N4O5/c1-14-20(17-5-6-18(28)21(29)22(17)40-10-8-16-12-36(3)13-34-16)23(41-26(14,2)27(30,31)32)24(37)35-15-7-9-33-19(11-15)25(38)39-4/h5-7,9,11-14,20,23H,8,10H2,1-4H3,(H,33,35,37)/t14-,20-,23+,26+/m0/s1. The van der Waals surface area contributed by atoms with Gasteiger partial charge in [0.25, 0.3) is 5.91 Å². The molecule has 1 saturated heterocycles. The smallest absolute Gasteiger partial charge is 0.417 e. The van der Waals surface area contributed by atoms with Crippen LogP contribution in [0.15, 0.2) is 43.0 Å². The van der Waals surface area contributed by atoms with Gasteiger partial charge < -0.3 is 24.1 Å². The molecular weight excluding hydrogens is 555 g/mol. The number of benzene rings is 1. The van der Waals surface area contributed by atoms with E-state index in [9.17, 15) is 27.2 Å². The van der Waals surface area contributed by atoms with Crippen LogP contribution in [0.3, 0.4) is 0 Å². The van der Waals surface area contributed by atoms with Gasteiger partial charge in [0, 0.05) is 48.9 Å². The van der Waals surface area contributed by atoms with Crippen LogP contribution >= 0.6 is 0 Å². The van der Waals surface area contributed by atoms with E-state index in [1.807, 2.05) is 0 Å². The van der Waals surface area contributed by atoms with Crippen molar-refractivity contribution in [1.29, 1.82) is 0 Å². The van der Waals surface area contributed by atoms with Crippen LogP contribution in [0.2, 0.25) is 0 Å². The Balaban J connectivity index is 1.71. The number of ether oxygens (including phenoxy) is 3. The maximum Gasteiger partial charge on any atom is 0.417 e. The minimum atomic E-state index is -4.92. The molecule has 0 bridgehead atoms. The summed E-state index contributed by atoms with van der Waals surface area (Å²) in [6.45, 7) is 1.83. The molecule has 4 rings (SSSR count). The fraction of sp³-hybridized carbons (Fsp3) is 0.407. The molecule has 1 aliphatic heterocycles. The largest absolute Gasteiger partial charge is 0.490 e. The van der Waals surface area contributed by atoms with Crippen molar-refractivity contribution in [3.8, 4) is 5.75 Å². The Labute approximate surface area is 231 Å². The van der Waals surface area contributed by atoms with Gasteiger partial charge in [0.1, 0.15) is 11.8 Å². The molecule has 1 N–H and O–H groups in total. The summed E-state index contributed by atoms with van der Waals surface area (Å²) < 4.78 is 89.5. The molecular formula is C27H27F5N4O5. The number of halogens is 5. The number of esters is 1. The van der Waals surface area contributed by atoms with Crippen LogP contribution in [-0.2, 0) is 27.7 Å². The topological polar surface area (TPSA) is 105 Å². The summed E-state index contributed by atoms with van der Waals surface area (Å²) in [6.07, 6.45) is -2.11. The fourth-order valence-corrected chi connectivity index (χ4v) is 4.77. The lowest BCUT2D eigenvalue weighted by molar-refractivity contribution is -0.272. The van der Waals surface area contributed by atoms with Gasteiger partial charge in [-0.2, -0.15) is 17.6 Å². The van der Waals surface area contributed by atoms with Gasteiger partial charge in [-0.15, -0.1) is 0 Å². The van der Waals surface area contributed by atoms with Crippen molar-refractivity contribution in [3.63, 3.8) is 0 Å². The number of carbonyl (C=O) groups is 2. The predicted molar refractivity (Wildman–Crippen MR) is 134 cm³/mol. The first-order chi connectivity index (χ1) is 19.3. The van der Waals surface area contributed by atoms with E-state index in [-0.39, 0.29) is 30.0 Å². The van der Waals surface area contributed by atoms with Crippen molar-refractivity contribution in [1.82, 2.24) is 14.5 Å². The Morgan fingerprint density at radius 3 is 2.56 bits per heavy atom. The Morgan fingerprint density at radius 1 is 1.20 bits per heavy atom. The SMILES string of the molecule is COC(=O)c1cc(NC(=O)[C@@H]2O[C@@](C)(C(F)(F)F)[C@@H](C)[C@H]2c2ccc(F)c(F)c2OCCc2cn(C)cn2)ccn1. The monoisotopic (exact) mass is 582 g/mol. The molecule has 0 unspecified atom stereocenters. The summed E-state index contributed by atoms with van der Waals surface area (Å²) in [5.41, 5.74) is -2.54. The van der Waals surface area contributed by atoms with Gasteiger partial charge in [-0.1, -0.05) is 13.0 Å². The zero-order valence-electron chi connectivity index (χ0n) is 22.5. The lowest BCUT2D eigenvalue weighted by atomic mass is 9.77. The Kier molecular flexibility index (Phi) is 8.34. The first-order valence-corrected chi connectivity index (χ1v) is 12.4. The molecule has 3 heterocycles. The van der Waals surface area contributed by atoms with Crippen molar-refractivity contribution in [2.45, 2.75) is 44.1 Å². The van der Waals surface area contributed by atoms with Crippen molar-refractivity contribution in [2.24, 2.45) is 13.0 Å². The van der Waals surface area contributed by atoms with Crippen molar-refractivity contribution < 1.29 is 45.8 Å². The second-order valence-electron chi connectivity index (χ2n) is 9.78. The summed E-state index contributed by atoms with van der Waals surface area (Å²) >= 11 is 0. The van der Waals surface area contributed by atoms with E-state index < -0.39 is 59.0 Å². The van der Waals surface area contributed by atoms with Crippen molar-refractivity contribution in [2.75, 3.05) is 19.0 Å². The molecule has 220 valence electrons. The number of aryl methyl sites for hydroxylation is 1. The summed E-state index contributed by atoms with van der Waals surface area (Å²) in [7, 11) is 2.87. The number of alkyl halides is 3. The summed E-state index contributed by atoms with van der Waals surface area (Å²) in [6, 6.07) is 4.32. The Bertz CT molecular complexity index is 1450. The zero-order chi connectivity index (χ0) is 30.1. The molecule has 0 spiro atoms. The molecule has 14 heteroatoms. The number of hydrogen-bond acceptors (Lipinski definition) is 7. The van der Waals surface area contributed by atoms with E-state index in [0.29, 0.717) is 5.69 Å². The molecule has 1 amide bonds. The van der Waals surface area contributed by atoms with Gasteiger partial charge in [0.2, 0.25) is 5.82 Å². The Morgan fingerprint density at radius 2 is 1.93 bits per heavy atom. The van der Waals surface area contributed by atoms with Crippen molar-refractivity contribution >= 4 is 17.6 Å². The van der Waals surface area contributed by atoms with Gasteiger partial charge >= 0.3 is 12.1 Å². The minimum Gasteiger partial charge on any atom is -0.490 e. The molecule has 41 heavy (non-hydrogen) atoms. The van der Waals surface area contributed by atoms with E-state index in [0.717, 1.165) is 26.2 Å². The van der Waals surface area contributed by atoms with Crippen LogP contribution in [0.5, 0.6) is 5.75 Å². The number of rotatable bonds is 8. The van der Waals surface area contributed by atoms with Crippen LogP contribution in [0, 0.1) is 17.6 Å². The molecule has 0 saturated carbocycles. The first-order valence-electron chi connectivity index (χ1n) is 12.4. The molecule has 2 aromatic heterocycles. The summed E-state index contributed by atoms with van der Waals surface area (Å²) in [5, 5.41) is 2.43. The molecule has 1 aliphatic rings. The maximum absolute atomic E-state index is 15.1. The number of aromatic nitrogens is 3. The lowest BCUT2D eigenvalue weighted by Gasteiger charge is -2.32. The average molecular weight is 583 g/mol. The number of amides is 1. The third kappa shape index (κ3) is 5.87. The van der Waals surface area contributed by atoms with Gasteiger partial charge in [0.05, 0.1) is 25.7 Å².